The van der Waals surface area contributed by atoms with E-state index in [4.69, 9.17) is 4.74 Å². The summed E-state index contributed by atoms with van der Waals surface area (Å²) in [5, 5.41) is 0. The molecule has 0 saturated heterocycles. The minimum atomic E-state index is -0.111. The summed E-state index contributed by atoms with van der Waals surface area (Å²) in [6, 6.07) is 19.1. The fourth-order valence-corrected chi connectivity index (χ4v) is 3.46. The van der Waals surface area contributed by atoms with Crippen molar-refractivity contribution < 1.29 is 9.53 Å². The van der Waals surface area contributed by atoms with Crippen molar-refractivity contribution in [2.45, 2.75) is 25.2 Å². The van der Waals surface area contributed by atoms with Crippen LogP contribution in [0.2, 0.25) is 0 Å². The van der Waals surface area contributed by atoms with E-state index in [0.717, 1.165) is 12.8 Å². The van der Waals surface area contributed by atoms with Crippen LogP contribution >= 0.6 is 0 Å². The van der Waals surface area contributed by atoms with Crippen LogP contribution in [0.3, 0.4) is 0 Å². The number of carbonyl (C=O) groups is 1. The predicted molar refractivity (Wildman–Crippen MR) is 83.2 cm³/mol. The van der Waals surface area contributed by atoms with Crippen molar-refractivity contribution in [3.8, 4) is 0 Å². The van der Waals surface area contributed by atoms with Crippen molar-refractivity contribution in [1.82, 2.24) is 0 Å². The van der Waals surface area contributed by atoms with E-state index in [1.807, 2.05) is 6.07 Å². The van der Waals surface area contributed by atoms with Crippen molar-refractivity contribution in [2.24, 2.45) is 5.92 Å². The molecule has 0 amide bonds. The quantitative estimate of drug-likeness (QED) is 0.796. The molecule has 0 aliphatic heterocycles. The minimum absolute atomic E-state index is 0.111. The molecule has 2 atom stereocenters. The van der Waals surface area contributed by atoms with Gasteiger partial charge in [-0.3, -0.25) is 4.79 Å². The Kier molecular flexibility index (Phi) is 4.05. The van der Waals surface area contributed by atoms with E-state index in [0.29, 0.717) is 12.3 Å². The Hall–Kier alpha value is -2.09. The molecule has 1 aliphatic rings. The van der Waals surface area contributed by atoms with E-state index in [-0.39, 0.29) is 11.9 Å². The van der Waals surface area contributed by atoms with Gasteiger partial charge in [-0.1, -0.05) is 54.6 Å². The average Bonchev–Trinajstić information content (AvgIpc) is 2.55. The number of ether oxygens (including phenoxy) is 1. The summed E-state index contributed by atoms with van der Waals surface area (Å²) in [7, 11) is 1.47. The normalized spacial score (nSPS) is 20.6. The number of carbonyl (C=O) groups excluding carboxylic acids is 1. The first-order valence-electron chi connectivity index (χ1n) is 7.49. The molecule has 0 unspecified atom stereocenters. The standard InChI is InChI=1S/C19H20O2/c1-21-18(20)13-16-12-11-14-7-5-6-10-17(14)19(16)15-8-3-2-4-9-15/h2-10,16,19H,11-13H2,1H3/t16-,19-/m0/s1. The lowest BCUT2D eigenvalue weighted by molar-refractivity contribution is -0.141. The number of methoxy groups -OCH3 is 1. The van der Waals surface area contributed by atoms with Crippen LogP contribution in [0, 0.1) is 5.92 Å². The lowest BCUT2D eigenvalue weighted by Crippen LogP contribution is -2.24. The maximum Gasteiger partial charge on any atom is 0.305 e. The second-order valence-electron chi connectivity index (χ2n) is 5.67. The lowest BCUT2D eigenvalue weighted by Gasteiger charge is -2.33. The fraction of sp³-hybridized carbons (Fsp3) is 0.316. The van der Waals surface area contributed by atoms with E-state index >= 15 is 0 Å². The summed E-state index contributed by atoms with van der Waals surface area (Å²) in [6.07, 6.45) is 2.57. The first-order chi connectivity index (χ1) is 10.3. The topological polar surface area (TPSA) is 26.3 Å². The Morgan fingerprint density at radius 2 is 1.81 bits per heavy atom. The second kappa shape index (κ2) is 6.13. The molecule has 2 heteroatoms. The van der Waals surface area contributed by atoms with Crippen molar-refractivity contribution in [3.63, 3.8) is 0 Å². The number of rotatable bonds is 3. The van der Waals surface area contributed by atoms with Crippen molar-refractivity contribution >= 4 is 5.97 Å². The van der Waals surface area contributed by atoms with Crippen molar-refractivity contribution in [1.29, 1.82) is 0 Å². The molecule has 1 aliphatic carbocycles. The van der Waals surface area contributed by atoms with E-state index in [1.165, 1.54) is 23.8 Å². The summed E-state index contributed by atoms with van der Waals surface area (Å²) in [5.74, 6) is 0.491. The van der Waals surface area contributed by atoms with Crippen LogP contribution in [0.5, 0.6) is 0 Å². The van der Waals surface area contributed by atoms with Crippen LogP contribution in [-0.2, 0) is 16.0 Å². The molecule has 2 nitrogen and oxygen atoms in total. The second-order valence-corrected chi connectivity index (χ2v) is 5.67. The largest absolute Gasteiger partial charge is 0.469 e. The van der Waals surface area contributed by atoms with Crippen LogP contribution in [0.1, 0.15) is 35.4 Å². The number of hydrogen-bond donors (Lipinski definition) is 0. The maximum atomic E-state index is 11.7. The van der Waals surface area contributed by atoms with Gasteiger partial charge in [0.1, 0.15) is 0 Å². The Morgan fingerprint density at radius 3 is 2.57 bits per heavy atom. The zero-order valence-corrected chi connectivity index (χ0v) is 12.3. The highest BCUT2D eigenvalue weighted by atomic mass is 16.5. The molecule has 0 N–H and O–H groups in total. The van der Waals surface area contributed by atoms with E-state index in [2.05, 4.69) is 48.5 Å². The Labute approximate surface area is 125 Å². The van der Waals surface area contributed by atoms with Gasteiger partial charge in [0.2, 0.25) is 0 Å². The Balaban J connectivity index is 2.01. The molecule has 108 valence electrons. The van der Waals surface area contributed by atoms with Gasteiger partial charge in [0.15, 0.2) is 0 Å². The van der Waals surface area contributed by atoms with Crippen LogP contribution in [0.15, 0.2) is 54.6 Å². The van der Waals surface area contributed by atoms with E-state index in [1.54, 1.807) is 0 Å². The molecule has 0 spiro atoms. The van der Waals surface area contributed by atoms with Crippen LogP contribution in [0.25, 0.3) is 0 Å². The summed E-state index contributed by atoms with van der Waals surface area (Å²) < 4.78 is 4.89. The van der Waals surface area contributed by atoms with Gasteiger partial charge in [0.05, 0.1) is 7.11 Å². The molecule has 0 fully saturated rings. The molecular weight excluding hydrogens is 260 g/mol. The third kappa shape index (κ3) is 2.85. The van der Waals surface area contributed by atoms with Gasteiger partial charge in [0.25, 0.3) is 0 Å². The Morgan fingerprint density at radius 1 is 1.10 bits per heavy atom. The van der Waals surface area contributed by atoms with Crippen LogP contribution < -0.4 is 0 Å². The monoisotopic (exact) mass is 280 g/mol. The molecule has 2 aromatic carbocycles. The molecule has 0 heterocycles. The molecule has 21 heavy (non-hydrogen) atoms. The molecule has 2 aromatic rings. The molecule has 0 aromatic heterocycles. The first kappa shape index (κ1) is 13.9. The minimum Gasteiger partial charge on any atom is -0.469 e. The number of aryl methyl sites for hydroxylation is 1. The van der Waals surface area contributed by atoms with E-state index in [9.17, 15) is 4.79 Å². The molecule has 0 saturated carbocycles. The number of fused-ring (bicyclic) bond motifs is 1. The van der Waals surface area contributed by atoms with Crippen LogP contribution in [-0.4, -0.2) is 13.1 Å². The van der Waals surface area contributed by atoms with Crippen LogP contribution in [0.4, 0.5) is 0 Å². The zero-order chi connectivity index (χ0) is 14.7. The van der Waals surface area contributed by atoms with Gasteiger partial charge < -0.3 is 4.74 Å². The number of benzene rings is 2. The van der Waals surface area contributed by atoms with Crippen molar-refractivity contribution in [2.75, 3.05) is 7.11 Å². The van der Waals surface area contributed by atoms with E-state index < -0.39 is 0 Å². The molecule has 0 bridgehead atoms. The van der Waals surface area contributed by atoms with Gasteiger partial charge in [-0.05, 0) is 35.4 Å². The fourth-order valence-electron chi connectivity index (χ4n) is 3.46. The summed E-state index contributed by atoms with van der Waals surface area (Å²) in [6.45, 7) is 0. The first-order valence-corrected chi connectivity index (χ1v) is 7.49. The summed E-state index contributed by atoms with van der Waals surface area (Å²) in [5.41, 5.74) is 4.06. The van der Waals surface area contributed by atoms with Crippen molar-refractivity contribution in [3.05, 3.63) is 71.3 Å². The highest BCUT2D eigenvalue weighted by Gasteiger charge is 2.32. The Bertz CT molecular complexity index is 618. The van der Waals surface area contributed by atoms with Gasteiger partial charge in [-0.2, -0.15) is 0 Å². The number of esters is 1. The van der Waals surface area contributed by atoms with Gasteiger partial charge in [0, 0.05) is 12.3 Å². The van der Waals surface area contributed by atoms with Gasteiger partial charge in [-0.15, -0.1) is 0 Å². The molecule has 3 rings (SSSR count). The summed E-state index contributed by atoms with van der Waals surface area (Å²) >= 11 is 0. The smallest absolute Gasteiger partial charge is 0.305 e. The lowest BCUT2D eigenvalue weighted by atomic mass is 9.71. The zero-order valence-electron chi connectivity index (χ0n) is 12.3. The third-order valence-corrected chi connectivity index (χ3v) is 4.46. The molecule has 0 radical (unpaired) electrons. The summed E-state index contributed by atoms with van der Waals surface area (Å²) in [4.78, 5) is 11.7. The third-order valence-electron chi connectivity index (χ3n) is 4.46. The maximum absolute atomic E-state index is 11.7. The van der Waals surface area contributed by atoms with Gasteiger partial charge in [-0.25, -0.2) is 0 Å². The van der Waals surface area contributed by atoms with Gasteiger partial charge >= 0.3 is 5.97 Å². The number of hydrogen-bond acceptors (Lipinski definition) is 2. The predicted octanol–water partition coefficient (Wildman–Crippen LogP) is 3.94. The highest BCUT2D eigenvalue weighted by molar-refractivity contribution is 5.70. The molecular formula is C19H20O2. The highest BCUT2D eigenvalue weighted by Crippen LogP contribution is 2.42. The average molecular weight is 280 g/mol. The SMILES string of the molecule is COC(=O)C[C@@H]1CCc2ccccc2[C@H]1c1ccccc1.